The van der Waals surface area contributed by atoms with Crippen molar-refractivity contribution >= 4 is 39.6 Å². The molecule has 3 atom stereocenters. The Bertz CT molecular complexity index is 1620. The number of imide groups is 1. The fraction of sp³-hybridized carbons (Fsp3) is 0.172. The number of ether oxygens (including phenoxy) is 2. The lowest BCUT2D eigenvalue weighted by Crippen LogP contribution is -2.37. The molecule has 2 amide bonds. The fourth-order valence-corrected chi connectivity index (χ4v) is 5.45. The molecule has 0 radical (unpaired) electrons. The van der Waals surface area contributed by atoms with Crippen molar-refractivity contribution in [2.24, 2.45) is 5.92 Å². The van der Waals surface area contributed by atoms with Crippen molar-refractivity contribution in [3.63, 3.8) is 0 Å². The summed E-state index contributed by atoms with van der Waals surface area (Å²) in [7, 11) is 2.80. The molecule has 0 aliphatic carbocycles. The molecular formula is C29H23N3O7. The van der Waals surface area contributed by atoms with Crippen LogP contribution in [0.5, 0.6) is 11.5 Å². The van der Waals surface area contributed by atoms with E-state index < -0.39 is 34.8 Å². The average Bonchev–Trinajstić information content (AvgIpc) is 3.47. The number of benzene rings is 4. The Hall–Kier alpha value is -4.96. The number of nitro benzene ring substituents is 1. The molecule has 4 aromatic carbocycles. The Morgan fingerprint density at radius 3 is 2.23 bits per heavy atom. The van der Waals surface area contributed by atoms with Crippen molar-refractivity contribution in [1.29, 1.82) is 0 Å². The van der Waals surface area contributed by atoms with Crippen molar-refractivity contribution in [1.82, 2.24) is 0 Å². The highest BCUT2D eigenvalue weighted by Crippen LogP contribution is 2.51. The van der Waals surface area contributed by atoms with E-state index in [-0.39, 0.29) is 22.7 Å². The molecule has 0 N–H and O–H groups in total. The molecule has 0 bridgehead atoms. The second-order valence-electron chi connectivity index (χ2n) is 9.19. The molecule has 4 aromatic rings. The maximum absolute atomic E-state index is 14.1. The van der Waals surface area contributed by atoms with E-state index in [1.807, 2.05) is 36.4 Å². The Kier molecular flexibility index (Phi) is 5.88. The Morgan fingerprint density at radius 1 is 0.846 bits per heavy atom. The Morgan fingerprint density at radius 2 is 1.51 bits per heavy atom. The van der Waals surface area contributed by atoms with Crippen LogP contribution in [0.3, 0.4) is 0 Å². The molecule has 0 spiro atoms. The molecule has 0 saturated carbocycles. The molecule has 39 heavy (non-hydrogen) atoms. The topological polar surface area (TPSA) is 111 Å². The summed E-state index contributed by atoms with van der Waals surface area (Å²) >= 11 is 0. The lowest BCUT2D eigenvalue weighted by Gasteiger charge is -2.29. The van der Waals surface area contributed by atoms with Gasteiger partial charge in [0.1, 0.15) is 12.0 Å². The molecular weight excluding hydrogens is 502 g/mol. The van der Waals surface area contributed by atoms with Gasteiger partial charge in [0.05, 0.1) is 42.1 Å². The molecule has 2 saturated heterocycles. The fourth-order valence-electron chi connectivity index (χ4n) is 5.45. The second-order valence-corrected chi connectivity index (χ2v) is 9.19. The summed E-state index contributed by atoms with van der Waals surface area (Å²) in [6, 6.07) is 23.4. The van der Waals surface area contributed by atoms with E-state index in [0.29, 0.717) is 11.4 Å². The highest BCUT2D eigenvalue weighted by molar-refractivity contribution is 6.26. The Labute approximate surface area is 223 Å². The smallest absolute Gasteiger partial charge is 0.278 e. The van der Waals surface area contributed by atoms with Crippen molar-refractivity contribution in [3.05, 3.63) is 101 Å². The number of carbonyl (C=O) groups excluding carboxylic acids is 2. The summed E-state index contributed by atoms with van der Waals surface area (Å²) in [4.78, 5) is 47.0. The molecule has 2 fully saturated rings. The molecule has 0 unspecified atom stereocenters. The first-order chi connectivity index (χ1) is 18.9. The first-order valence-corrected chi connectivity index (χ1v) is 12.2. The van der Waals surface area contributed by atoms with E-state index in [1.165, 1.54) is 31.4 Å². The molecule has 196 valence electrons. The van der Waals surface area contributed by atoms with Gasteiger partial charge in [-0.15, -0.1) is 0 Å². The number of fused-ring (bicyclic) bond motifs is 2. The van der Waals surface area contributed by atoms with E-state index in [2.05, 4.69) is 0 Å². The summed E-state index contributed by atoms with van der Waals surface area (Å²) in [6.07, 6.45) is -1.19. The third-order valence-corrected chi connectivity index (χ3v) is 7.18. The van der Waals surface area contributed by atoms with Gasteiger partial charge < -0.3 is 9.47 Å². The van der Waals surface area contributed by atoms with Crippen LogP contribution in [0.4, 0.5) is 17.1 Å². The summed E-state index contributed by atoms with van der Waals surface area (Å²) in [5.41, 5.74) is 0.854. The van der Waals surface area contributed by atoms with Gasteiger partial charge in [0.25, 0.3) is 11.6 Å². The first kappa shape index (κ1) is 24.4. The van der Waals surface area contributed by atoms with Gasteiger partial charge in [-0.05, 0) is 29.7 Å². The largest absolute Gasteiger partial charge is 0.493 e. The van der Waals surface area contributed by atoms with Gasteiger partial charge >= 0.3 is 0 Å². The number of para-hydroxylation sites is 1. The van der Waals surface area contributed by atoms with Crippen LogP contribution in [-0.4, -0.2) is 37.1 Å². The highest BCUT2D eigenvalue weighted by atomic mass is 16.7. The van der Waals surface area contributed by atoms with Gasteiger partial charge in [-0.1, -0.05) is 54.6 Å². The van der Waals surface area contributed by atoms with Crippen LogP contribution < -0.4 is 19.4 Å². The molecule has 0 aromatic heterocycles. The van der Waals surface area contributed by atoms with Gasteiger partial charge in [0.2, 0.25) is 5.91 Å². The predicted molar refractivity (Wildman–Crippen MR) is 143 cm³/mol. The summed E-state index contributed by atoms with van der Waals surface area (Å²) in [5.74, 6) is -1.69. The summed E-state index contributed by atoms with van der Waals surface area (Å²) < 4.78 is 10.7. The molecule has 10 nitrogen and oxygen atoms in total. The third kappa shape index (κ3) is 3.76. The Balaban J connectivity index is 1.53. The monoisotopic (exact) mass is 525 g/mol. The highest BCUT2D eigenvalue weighted by Gasteiger charge is 2.61. The molecule has 2 heterocycles. The second kappa shape index (κ2) is 9.41. The minimum Gasteiger partial charge on any atom is -0.493 e. The number of anilines is 2. The predicted octanol–water partition coefficient (Wildman–Crippen LogP) is 4.82. The quantitative estimate of drug-likeness (QED) is 0.200. The molecule has 6 rings (SSSR count). The maximum Gasteiger partial charge on any atom is 0.278 e. The number of nitrogens with zero attached hydrogens (tertiary/aromatic N) is 3. The SMILES string of the molecule is COc1cc([C@@H]2[C@@H]3C(=O)N(c4cccc5ccccc45)C(=O)[C@@H]3ON2c2ccccc2)c([N+](=O)[O-])cc1OC. The number of hydrogen-bond acceptors (Lipinski definition) is 8. The zero-order chi connectivity index (χ0) is 27.3. The zero-order valence-electron chi connectivity index (χ0n) is 21.0. The van der Waals surface area contributed by atoms with Crippen LogP contribution in [0, 0.1) is 16.0 Å². The molecule has 10 heteroatoms. The third-order valence-electron chi connectivity index (χ3n) is 7.18. The number of hydrogen-bond donors (Lipinski definition) is 0. The number of nitro groups is 1. The maximum atomic E-state index is 14.1. The molecule has 2 aliphatic heterocycles. The summed E-state index contributed by atoms with van der Waals surface area (Å²) in [5, 5.41) is 15.3. The number of hydroxylamine groups is 1. The van der Waals surface area contributed by atoms with E-state index in [9.17, 15) is 19.7 Å². The molecule has 2 aliphatic rings. The van der Waals surface area contributed by atoms with Gasteiger partial charge in [0.15, 0.2) is 17.6 Å². The van der Waals surface area contributed by atoms with Crippen LogP contribution in [0.2, 0.25) is 0 Å². The summed E-state index contributed by atoms with van der Waals surface area (Å²) in [6.45, 7) is 0. The van der Waals surface area contributed by atoms with Crippen LogP contribution in [-0.2, 0) is 14.4 Å². The average molecular weight is 526 g/mol. The minimum absolute atomic E-state index is 0.162. The van der Waals surface area contributed by atoms with Gasteiger partial charge in [-0.2, -0.15) is 0 Å². The van der Waals surface area contributed by atoms with Crippen LogP contribution in [0.15, 0.2) is 84.9 Å². The minimum atomic E-state index is -1.19. The number of rotatable bonds is 6. The van der Waals surface area contributed by atoms with E-state index >= 15 is 0 Å². The van der Waals surface area contributed by atoms with E-state index in [0.717, 1.165) is 15.7 Å². The van der Waals surface area contributed by atoms with Crippen LogP contribution in [0.1, 0.15) is 11.6 Å². The van der Waals surface area contributed by atoms with E-state index in [1.54, 1.807) is 36.4 Å². The van der Waals surface area contributed by atoms with Crippen molar-refractivity contribution < 1.29 is 28.8 Å². The van der Waals surface area contributed by atoms with Gasteiger partial charge in [0, 0.05) is 5.39 Å². The van der Waals surface area contributed by atoms with Crippen molar-refractivity contribution in [3.8, 4) is 11.5 Å². The lowest BCUT2D eigenvalue weighted by molar-refractivity contribution is -0.385. The van der Waals surface area contributed by atoms with E-state index in [4.69, 9.17) is 14.3 Å². The standard InChI is InChI=1S/C29H23N3O7/c1-37-23-15-20(22(32(35)36)16-24(23)38-2)26-25-27(39-31(26)18-11-4-3-5-12-18)29(34)30(28(25)33)21-14-8-10-17-9-6-7-13-19(17)21/h3-16,25-27H,1-2H3/t25-,26+,27+/m0/s1. The number of methoxy groups -OCH3 is 2. The number of amides is 2. The van der Waals surface area contributed by atoms with Crippen LogP contribution >= 0.6 is 0 Å². The lowest BCUT2D eigenvalue weighted by atomic mass is 9.89. The van der Waals surface area contributed by atoms with Crippen LogP contribution in [0.25, 0.3) is 10.8 Å². The zero-order valence-corrected chi connectivity index (χ0v) is 21.0. The first-order valence-electron chi connectivity index (χ1n) is 12.2. The van der Waals surface area contributed by atoms with Crippen molar-refractivity contribution in [2.45, 2.75) is 12.1 Å². The van der Waals surface area contributed by atoms with Gasteiger partial charge in [-0.25, -0.2) is 9.96 Å². The van der Waals surface area contributed by atoms with Gasteiger partial charge in [-0.3, -0.25) is 24.5 Å². The normalized spacial score (nSPS) is 20.4. The van der Waals surface area contributed by atoms with Crippen molar-refractivity contribution in [2.75, 3.05) is 24.2 Å². The number of carbonyl (C=O) groups is 2.